The molecule has 1 aliphatic rings. The van der Waals surface area contributed by atoms with Crippen molar-refractivity contribution in [1.82, 2.24) is 15.1 Å². The van der Waals surface area contributed by atoms with Gasteiger partial charge in [-0.3, -0.25) is 4.79 Å². The fourth-order valence-electron chi connectivity index (χ4n) is 3.88. The molecule has 0 saturated heterocycles. The van der Waals surface area contributed by atoms with Gasteiger partial charge in [0, 0.05) is 45.9 Å². The lowest BCUT2D eigenvalue weighted by molar-refractivity contribution is 0.102. The fourth-order valence-corrected chi connectivity index (χ4v) is 4.00. The Morgan fingerprint density at radius 2 is 1.81 bits per heavy atom. The third-order valence-electron chi connectivity index (χ3n) is 5.95. The van der Waals surface area contributed by atoms with Crippen LogP contribution in [-0.2, 0) is 6.54 Å². The summed E-state index contributed by atoms with van der Waals surface area (Å²) in [5.74, 6) is -0.631. The molecule has 36 heavy (non-hydrogen) atoms. The van der Waals surface area contributed by atoms with E-state index < -0.39 is 11.8 Å². The number of phenols is 1. The first kappa shape index (κ1) is 23.6. The second-order valence-electron chi connectivity index (χ2n) is 8.58. The number of amides is 2. The lowest BCUT2D eigenvalue weighted by Crippen LogP contribution is -2.30. The second kappa shape index (κ2) is 9.83. The zero-order chi connectivity index (χ0) is 25.2. The Bertz CT molecular complexity index is 1450. The van der Waals surface area contributed by atoms with Crippen LogP contribution in [0, 0.1) is 5.82 Å². The number of nitrogens with one attached hydrogen (secondary N) is 2. The first-order valence-electron chi connectivity index (χ1n) is 11.4. The second-order valence-corrected chi connectivity index (χ2v) is 9.02. The van der Waals surface area contributed by atoms with Crippen LogP contribution in [0.3, 0.4) is 0 Å². The number of aromatic nitrogens is 2. The van der Waals surface area contributed by atoms with E-state index in [0.29, 0.717) is 33.1 Å². The highest BCUT2D eigenvalue weighted by Crippen LogP contribution is 2.42. The molecule has 1 saturated carbocycles. The van der Waals surface area contributed by atoms with Crippen molar-refractivity contribution in [2.75, 3.05) is 5.32 Å². The SMILES string of the molecule is O=C(Nc1ccc(-c2cc(C3CC3)n(C(=O)NCc3ccccc3F)n2)c(O)c1)c1ccc(Cl)cc1. The van der Waals surface area contributed by atoms with Gasteiger partial charge in [0.05, 0.1) is 11.4 Å². The predicted octanol–water partition coefficient (Wildman–Crippen LogP) is 5.94. The number of anilines is 1. The van der Waals surface area contributed by atoms with Crippen LogP contribution in [0.15, 0.2) is 72.8 Å². The van der Waals surface area contributed by atoms with Crippen LogP contribution in [0.5, 0.6) is 5.75 Å². The van der Waals surface area contributed by atoms with Gasteiger partial charge in [-0.2, -0.15) is 9.78 Å². The highest BCUT2D eigenvalue weighted by atomic mass is 35.5. The van der Waals surface area contributed by atoms with Crippen molar-refractivity contribution < 1.29 is 19.1 Å². The monoisotopic (exact) mass is 504 g/mol. The Kier molecular flexibility index (Phi) is 6.43. The maximum atomic E-state index is 13.9. The molecule has 9 heteroatoms. The van der Waals surface area contributed by atoms with Gasteiger partial charge >= 0.3 is 6.03 Å². The molecule has 1 heterocycles. The van der Waals surface area contributed by atoms with E-state index in [0.717, 1.165) is 18.5 Å². The third-order valence-corrected chi connectivity index (χ3v) is 6.20. The van der Waals surface area contributed by atoms with Gasteiger partial charge in [-0.25, -0.2) is 9.18 Å². The Labute approximate surface area is 211 Å². The number of carbonyl (C=O) groups is 2. The van der Waals surface area contributed by atoms with Crippen molar-refractivity contribution >= 4 is 29.2 Å². The van der Waals surface area contributed by atoms with E-state index >= 15 is 0 Å². The summed E-state index contributed by atoms with van der Waals surface area (Å²) in [5.41, 5.74) is 2.78. The lowest BCUT2D eigenvalue weighted by Gasteiger charge is -2.09. The Morgan fingerprint density at radius 1 is 1.06 bits per heavy atom. The van der Waals surface area contributed by atoms with E-state index in [4.69, 9.17) is 11.6 Å². The molecule has 0 atom stereocenters. The maximum Gasteiger partial charge on any atom is 0.342 e. The van der Waals surface area contributed by atoms with Gasteiger partial charge in [-0.15, -0.1) is 0 Å². The molecule has 5 rings (SSSR count). The smallest absolute Gasteiger partial charge is 0.342 e. The van der Waals surface area contributed by atoms with Gasteiger partial charge < -0.3 is 15.7 Å². The Morgan fingerprint density at radius 3 is 2.50 bits per heavy atom. The first-order valence-corrected chi connectivity index (χ1v) is 11.8. The van der Waals surface area contributed by atoms with Gasteiger partial charge in [-0.05, 0) is 61.4 Å². The Balaban J connectivity index is 1.34. The van der Waals surface area contributed by atoms with Crippen molar-refractivity contribution in [3.05, 3.63) is 100 Å². The van der Waals surface area contributed by atoms with E-state index in [-0.39, 0.29) is 24.1 Å². The van der Waals surface area contributed by atoms with Gasteiger partial charge in [0.25, 0.3) is 5.91 Å². The standard InChI is InChI=1S/C27H22ClFN4O3/c28-19-9-7-17(8-10-19)26(35)31-20-11-12-21(25(34)13-20)23-14-24(16-5-6-16)33(32-23)27(36)30-15-18-3-1-2-4-22(18)29/h1-4,7-14,16,34H,5-6,15H2,(H,30,36)(H,31,35). The van der Waals surface area contributed by atoms with E-state index in [2.05, 4.69) is 15.7 Å². The van der Waals surface area contributed by atoms with Crippen LogP contribution in [0.1, 0.15) is 40.4 Å². The summed E-state index contributed by atoms with van der Waals surface area (Å²) in [6, 6.07) is 18.7. The molecule has 1 aromatic heterocycles. The molecule has 1 aliphatic carbocycles. The molecule has 0 aliphatic heterocycles. The van der Waals surface area contributed by atoms with Crippen LogP contribution in [0.4, 0.5) is 14.9 Å². The van der Waals surface area contributed by atoms with Crippen molar-refractivity contribution in [2.24, 2.45) is 0 Å². The molecule has 182 valence electrons. The van der Waals surface area contributed by atoms with Crippen LogP contribution in [0.2, 0.25) is 5.02 Å². The molecule has 0 spiro atoms. The molecule has 4 aromatic rings. The molecule has 1 fully saturated rings. The zero-order valence-corrected chi connectivity index (χ0v) is 19.8. The number of benzene rings is 3. The molecule has 3 N–H and O–H groups in total. The fraction of sp³-hybridized carbons (Fsp3) is 0.148. The summed E-state index contributed by atoms with van der Waals surface area (Å²) in [6.07, 6.45) is 1.88. The molecule has 0 unspecified atom stereocenters. The first-order chi connectivity index (χ1) is 17.4. The maximum absolute atomic E-state index is 13.9. The van der Waals surface area contributed by atoms with Crippen molar-refractivity contribution in [3.63, 3.8) is 0 Å². The van der Waals surface area contributed by atoms with Crippen molar-refractivity contribution in [2.45, 2.75) is 25.3 Å². The van der Waals surface area contributed by atoms with Crippen LogP contribution >= 0.6 is 11.6 Å². The molecule has 0 radical (unpaired) electrons. The average molecular weight is 505 g/mol. The number of phenolic OH excluding ortho intramolecular Hbond substituents is 1. The quantitative estimate of drug-likeness (QED) is 0.303. The van der Waals surface area contributed by atoms with Crippen molar-refractivity contribution in [3.8, 4) is 17.0 Å². The van der Waals surface area contributed by atoms with Crippen LogP contribution in [-0.4, -0.2) is 26.8 Å². The summed E-state index contributed by atoms with van der Waals surface area (Å²) in [4.78, 5) is 25.4. The van der Waals surface area contributed by atoms with E-state index in [9.17, 15) is 19.1 Å². The lowest BCUT2D eigenvalue weighted by atomic mass is 10.1. The average Bonchev–Trinajstić information content (AvgIpc) is 3.62. The van der Waals surface area contributed by atoms with E-state index in [1.54, 1.807) is 60.7 Å². The summed E-state index contributed by atoms with van der Waals surface area (Å²) >= 11 is 5.87. The summed E-state index contributed by atoms with van der Waals surface area (Å²) in [5, 5.41) is 21.1. The summed E-state index contributed by atoms with van der Waals surface area (Å²) in [7, 11) is 0. The highest BCUT2D eigenvalue weighted by Gasteiger charge is 2.30. The van der Waals surface area contributed by atoms with Gasteiger partial charge in [-0.1, -0.05) is 29.8 Å². The molecule has 2 amide bonds. The number of carbonyl (C=O) groups excluding carboxylic acids is 2. The minimum Gasteiger partial charge on any atom is -0.507 e. The number of hydrogen-bond donors (Lipinski definition) is 3. The number of hydrogen-bond acceptors (Lipinski definition) is 4. The minimum atomic E-state index is -0.474. The number of rotatable bonds is 6. The van der Waals surface area contributed by atoms with Crippen LogP contribution < -0.4 is 10.6 Å². The predicted molar refractivity (Wildman–Crippen MR) is 135 cm³/mol. The largest absolute Gasteiger partial charge is 0.507 e. The van der Waals surface area contributed by atoms with E-state index in [1.807, 2.05) is 0 Å². The number of nitrogens with zero attached hydrogens (tertiary/aromatic N) is 2. The van der Waals surface area contributed by atoms with Crippen molar-refractivity contribution in [1.29, 1.82) is 0 Å². The molecule has 0 bridgehead atoms. The Hall–Kier alpha value is -4.17. The minimum absolute atomic E-state index is 0.0259. The van der Waals surface area contributed by atoms with Crippen LogP contribution in [0.25, 0.3) is 11.3 Å². The highest BCUT2D eigenvalue weighted by molar-refractivity contribution is 6.30. The summed E-state index contributed by atoms with van der Waals surface area (Å²) in [6.45, 7) is 0.0259. The normalized spacial score (nSPS) is 12.8. The zero-order valence-electron chi connectivity index (χ0n) is 19.0. The summed E-state index contributed by atoms with van der Waals surface area (Å²) < 4.78 is 15.2. The molecule has 7 nitrogen and oxygen atoms in total. The van der Waals surface area contributed by atoms with Gasteiger partial charge in [0.2, 0.25) is 0 Å². The van der Waals surface area contributed by atoms with Gasteiger partial charge in [0.1, 0.15) is 11.6 Å². The molecule has 3 aromatic carbocycles. The van der Waals surface area contributed by atoms with Gasteiger partial charge in [0.15, 0.2) is 0 Å². The van der Waals surface area contributed by atoms with E-state index in [1.165, 1.54) is 16.8 Å². The number of halogens is 2. The molecular formula is C27H22ClFN4O3. The number of aromatic hydroxyl groups is 1. The third kappa shape index (κ3) is 5.08. The topological polar surface area (TPSA) is 96.3 Å². The molecular weight excluding hydrogens is 483 g/mol.